The van der Waals surface area contributed by atoms with Crippen molar-refractivity contribution in [3.05, 3.63) is 78.5 Å². The number of nitrogens with zero attached hydrogens (tertiary/aromatic N) is 2. The summed E-state index contributed by atoms with van der Waals surface area (Å²) >= 11 is 0. The van der Waals surface area contributed by atoms with Crippen LogP contribution in [0.3, 0.4) is 0 Å². The molecular weight excluding hydrogens is 408 g/mol. The van der Waals surface area contributed by atoms with Gasteiger partial charge in [0.1, 0.15) is 5.58 Å². The van der Waals surface area contributed by atoms with E-state index in [0.29, 0.717) is 5.71 Å². The van der Waals surface area contributed by atoms with Gasteiger partial charge in [0, 0.05) is 27.9 Å². The van der Waals surface area contributed by atoms with Crippen LogP contribution < -0.4 is 5.19 Å². The van der Waals surface area contributed by atoms with Crippen molar-refractivity contribution in [3.63, 3.8) is 0 Å². The van der Waals surface area contributed by atoms with Gasteiger partial charge in [0.2, 0.25) is 5.71 Å². The third-order valence-electron chi connectivity index (χ3n) is 6.28. The topological polar surface area (TPSA) is 38.9 Å². The predicted octanol–water partition coefficient (Wildman–Crippen LogP) is 7.20. The summed E-state index contributed by atoms with van der Waals surface area (Å²) in [6.45, 7) is 9.35. The third-order valence-corrected chi connectivity index (χ3v) is 8.29. The number of pyridine rings is 2. The molecule has 0 atom stereocenters. The number of hydrogen-bond donors (Lipinski definition) is 0. The Bertz CT molecular complexity index is 1670. The van der Waals surface area contributed by atoms with Gasteiger partial charge in [-0.05, 0) is 64.8 Å². The molecule has 0 fully saturated rings. The second-order valence-corrected chi connectivity index (χ2v) is 14.7. The van der Waals surface area contributed by atoms with Crippen molar-refractivity contribution >= 4 is 57.0 Å². The van der Waals surface area contributed by atoms with Crippen LogP contribution in [0.15, 0.2) is 77.3 Å². The van der Waals surface area contributed by atoms with Gasteiger partial charge in [-0.1, -0.05) is 50.0 Å². The molecule has 0 saturated carbocycles. The van der Waals surface area contributed by atoms with Crippen LogP contribution in [0.5, 0.6) is 0 Å². The maximum Gasteiger partial charge on any atom is 0.227 e. The first-order valence-corrected chi connectivity index (χ1v) is 14.5. The van der Waals surface area contributed by atoms with Gasteiger partial charge in [-0.3, -0.25) is 0 Å². The molecule has 0 aliphatic rings. The average molecular weight is 433 g/mol. The highest BCUT2D eigenvalue weighted by atomic mass is 28.3. The fourth-order valence-corrected chi connectivity index (χ4v) is 6.37. The van der Waals surface area contributed by atoms with Crippen molar-refractivity contribution < 1.29 is 4.42 Å². The van der Waals surface area contributed by atoms with Crippen molar-refractivity contribution in [3.8, 4) is 11.3 Å². The van der Waals surface area contributed by atoms with Crippen LogP contribution in [0.4, 0.5) is 0 Å². The first-order chi connectivity index (χ1) is 15.4. The number of aryl methyl sites for hydroxylation is 1. The van der Waals surface area contributed by atoms with Gasteiger partial charge >= 0.3 is 0 Å². The molecule has 0 saturated heterocycles. The SMILES string of the molecule is Cc1cc(-c2cc([Si](C)(C)C)c3c(ccc4ccccc43)n2)c2oc3ncccc3c2c1. The fraction of sp³-hybridized carbons (Fsp3) is 0.143. The molecule has 0 unspecified atom stereocenters. The van der Waals surface area contributed by atoms with Crippen LogP contribution in [0, 0.1) is 6.92 Å². The molecule has 0 bridgehead atoms. The van der Waals surface area contributed by atoms with Crippen LogP contribution in [0.1, 0.15) is 5.56 Å². The van der Waals surface area contributed by atoms with Crippen molar-refractivity contribution in [2.24, 2.45) is 0 Å². The zero-order valence-electron chi connectivity index (χ0n) is 18.7. The van der Waals surface area contributed by atoms with E-state index in [2.05, 4.69) is 92.2 Å². The molecule has 0 aliphatic heterocycles. The highest BCUT2D eigenvalue weighted by molar-refractivity contribution is 6.90. The Balaban J connectivity index is 1.74. The summed E-state index contributed by atoms with van der Waals surface area (Å²) in [6, 6.07) is 23.7. The fourth-order valence-electron chi connectivity index (χ4n) is 4.78. The van der Waals surface area contributed by atoms with Crippen molar-refractivity contribution in [1.82, 2.24) is 9.97 Å². The number of benzene rings is 3. The largest absolute Gasteiger partial charge is 0.437 e. The summed E-state index contributed by atoms with van der Waals surface area (Å²) in [4.78, 5) is 9.62. The van der Waals surface area contributed by atoms with E-state index in [0.717, 1.165) is 33.1 Å². The molecule has 0 amide bonds. The van der Waals surface area contributed by atoms with E-state index in [9.17, 15) is 0 Å². The summed E-state index contributed by atoms with van der Waals surface area (Å²) in [6.07, 6.45) is 1.78. The highest BCUT2D eigenvalue weighted by Crippen LogP contribution is 2.36. The summed E-state index contributed by atoms with van der Waals surface area (Å²) in [5, 5.41) is 7.40. The van der Waals surface area contributed by atoms with Gasteiger partial charge in [0.05, 0.1) is 19.3 Å². The minimum Gasteiger partial charge on any atom is -0.437 e. The lowest BCUT2D eigenvalue weighted by Crippen LogP contribution is -2.38. The van der Waals surface area contributed by atoms with Gasteiger partial charge in [0.25, 0.3) is 0 Å². The molecule has 0 aliphatic carbocycles. The highest BCUT2D eigenvalue weighted by Gasteiger charge is 2.24. The lowest BCUT2D eigenvalue weighted by Gasteiger charge is -2.21. The number of rotatable bonds is 2. The average Bonchev–Trinajstić information content (AvgIpc) is 3.15. The second kappa shape index (κ2) is 6.75. The maximum absolute atomic E-state index is 6.26. The van der Waals surface area contributed by atoms with Gasteiger partial charge in [0.15, 0.2) is 0 Å². The van der Waals surface area contributed by atoms with Crippen LogP contribution in [-0.2, 0) is 0 Å². The van der Waals surface area contributed by atoms with Gasteiger partial charge in [-0.2, -0.15) is 0 Å². The van der Waals surface area contributed by atoms with Gasteiger partial charge < -0.3 is 4.42 Å². The van der Waals surface area contributed by atoms with Gasteiger partial charge in [-0.25, -0.2) is 9.97 Å². The molecular formula is C28H24N2OSi. The number of hydrogen-bond acceptors (Lipinski definition) is 3. The minimum absolute atomic E-state index is 0.673. The van der Waals surface area contributed by atoms with Gasteiger partial charge in [-0.15, -0.1) is 0 Å². The molecule has 3 aromatic carbocycles. The Kier molecular flexibility index (Phi) is 4.05. The van der Waals surface area contributed by atoms with Crippen molar-refractivity contribution in [2.45, 2.75) is 26.6 Å². The number of fused-ring (bicyclic) bond motifs is 6. The molecule has 4 heteroatoms. The Morgan fingerprint density at radius 3 is 2.47 bits per heavy atom. The van der Waals surface area contributed by atoms with E-state index in [1.807, 2.05) is 6.07 Å². The summed E-state index contributed by atoms with van der Waals surface area (Å²) in [5.74, 6) is 0. The zero-order valence-corrected chi connectivity index (χ0v) is 19.7. The summed E-state index contributed by atoms with van der Waals surface area (Å²) in [5.41, 5.74) is 5.77. The molecule has 3 heterocycles. The van der Waals surface area contributed by atoms with E-state index in [1.165, 1.54) is 26.9 Å². The van der Waals surface area contributed by atoms with E-state index >= 15 is 0 Å². The number of aromatic nitrogens is 2. The molecule has 6 rings (SSSR count). The molecule has 156 valence electrons. The molecule has 3 aromatic heterocycles. The number of furan rings is 1. The van der Waals surface area contributed by atoms with E-state index in [4.69, 9.17) is 9.40 Å². The van der Waals surface area contributed by atoms with E-state index in [1.54, 1.807) is 6.20 Å². The Morgan fingerprint density at radius 1 is 0.812 bits per heavy atom. The smallest absolute Gasteiger partial charge is 0.227 e. The van der Waals surface area contributed by atoms with Crippen LogP contribution in [-0.4, -0.2) is 18.0 Å². The molecule has 0 spiro atoms. The van der Waals surface area contributed by atoms with Crippen LogP contribution >= 0.6 is 0 Å². The van der Waals surface area contributed by atoms with E-state index in [-0.39, 0.29) is 0 Å². The zero-order chi connectivity index (χ0) is 22.0. The Hall–Kier alpha value is -3.50. The molecule has 3 nitrogen and oxygen atoms in total. The first-order valence-electron chi connectivity index (χ1n) is 11.0. The predicted molar refractivity (Wildman–Crippen MR) is 137 cm³/mol. The quantitative estimate of drug-likeness (QED) is 0.214. The van der Waals surface area contributed by atoms with Crippen molar-refractivity contribution in [2.75, 3.05) is 0 Å². The van der Waals surface area contributed by atoms with Crippen LogP contribution in [0.2, 0.25) is 19.6 Å². The molecule has 6 aromatic rings. The van der Waals surface area contributed by atoms with Crippen LogP contribution in [0.25, 0.3) is 55.0 Å². The minimum atomic E-state index is -1.68. The molecule has 0 radical (unpaired) electrons. The lowest BCUT2D eigenvalue weighted by atomic mass is 10.0. The first kappa shape index (κ1) is 19.2. The molecule has 32 heavy (non-hydrogen) atoms. The summed E-state index contributed by atoms with van der Waals surface area (Å²) in [7, 11) is -1.68. The van der Waals surface area contributed by atoms with E-state index < -0.39 is 8.07 Å². The Morgan fingerprint density at radius 2 is 1.62 bits per heavy atom. The second-order valence-electron chi connectivity index (χ2n) is 9.63. The maximum atomic E-state index is 6.26. The lowest BCUT2D eigenvalue weighted by molar-refractivity contribution is 0.655. The third kappa shape index (κ3) is 2.87. The molecule has 0 N–H and O–H groups in total. The normalized spacial score (nSPS) is 12.4. The Labute approximate surface area is 187 Å². The summed E-state index contributed by atoms with van der Waals surface area (Å²) < 4.78 is 6.26. The monoisotopic (exact) mass is 432 g/mol. The van der Waals surface area contributed by atoms with Crippen molar-refractivity contribution in [1.29, 1.82) is 0 Å². The standard InChI is InChI=1S/C28H24N2OSi/c1-17-14-21-20-10-7-13-29-28(20)31-27(21)22(15-17)24-16-25(32(2,3)4)26-19-9-6-5-8-18(19)11-12-23(26)30-24/h5-16H,1-4H3.